The smallest absolute Gasteiger partial charge is 0.400 e. The Morgan fingerprint density at radius 1 is 1.23 bits per heavy atom. The first kappa shape index (κ1) is 23.7. The third kappa shape index (κ3) is 2.94. The fourth-order valence-electron chi connectivity index (χ4n) is 7.02. The summed E-state index contributed by atoms with van der Waals surface area (Å²) in [4.78, 5) is 45.0. The number of nitrogens with zero attached hydrogens (tertiary/aromatic N) is 2. The second-order valence-electron chi connectivity index (χ2n) is 9.42. The van der Waals surface area contributed by atoms with Crippen LogP contribution in [0.15, 0.2) is 24.3 Å². The van der Waals surface area contributed by atoms with Crippen LogP contribution in [0, 0.1) is 5.92 Å². The maximum Gasteiger partial charge on any atom is 0.400 e. The van der Waals surface area contributed by atoms with Gasteiger partial charge in [0.2, 0.25) is 5.91 Å². The predicted octanol–water partition coefficient (Wildman–Crippen LogP) is 0.601. The highest BCUT2D eigenvalue weighted by Crippen LogP contribution is 2.60. The second-order valence-corrected chi connectivity index (χ2v) is 10.6. The van der Waals surface area contributed by atoms with E-state index in [0.717, 1.165) is 22.2 Å². The summed E-state index contributed by atoms with van der Waals surface area (Å²) in [6.45, 7) is 1.99. The zero-order valence-corrected chi connectivity index (χ0v) is 20.2. The van der Waals surface area contributed by atoms with E-state index >= 15 is 0 Å². The minimum Gasteiger partial charge on any atom is -0.468 e. The number of carbonyl (C=O) groups excluding carboxylic acids is 4. The van der Waals surface area contributed by atoms with Gasteiger partial charge in [0, 0.05) is 36.1 Å². The van der Waals surface area contributed by atoms with Gasteiger partial charge in [0.15, 0.2) is 0 Å². The Bertz CT molecular complexity index is 1390. The van der Waals surface area contributed by atoms with E-state index < -0.39 is 45.4 Å². The number of methoxy groups -OCH3 is 1. The van der Waals surface area contributed by atoms with E-state index in [1.807, 2.05) is 35.9 Å². The molecule has 2 aromatic rings. The average molecular weight is 505 g/mol. The van der Waals surface area contributed by atoms with Crippen LogP contribution in [-0.2, 0) is 61.6 Å². The van der Waals surface area contributed by atoms with E-state index in [1.54, 1.807) is 11.8 Å². The zero-order valence-electron chi connectivity index (χ0n) is 19.3. The van der Waals surface area contributed by atoms with Crippen molar-refractivity contribution in [1.29, 1.82) is 0 Å². The van der Waals surface area contributed by atoms with Crippen molar-refractivity contribution in [1.82, 2.24) is 9.47 Å². The lowest BCUT2D eigenvalue weighted by atomic mass is 9.53. The largest absolute Gasteiger partial charge is 0.468 e. The van der Waals surface area contributed by atoms with Crippen LogP contribution in [-0.4, -0.2) is 67.3 Å². The number of aromatic nitrogens is 1. The van der Waals surface area contributed by atoms with E-state index in [0.29, 0.717) is 13.0 Å². The molecule has 35 heavy (non-hydrogen) atoms. The summed E-state index contributed by atoms with van der Waals surface area (Å²) in [7, 11) is -1.02. The minimum atomic E-state index is -4.25. The summed E-state index contributed by atoms with van der Waals surface area (Å²) < 4.78 is 43.1. The van der Waals surface area contributed by atoms with E-state index in [1.165, 1.54) is 7.11 Å². The fourth-order valence-corrected chi connectivity index (χ4v) is 8.25. The van der Waals surface area contributed by atoms with Crippen LogP contribution in [0.25, 0.3) is 10.9 Å². The van der Waals surface area contributed by atoms with E-state index in [-0.39, 0.29) is 24.9 Å². The molecule has 1 amide bonds. The molecule has 5 atom stereocenters. The lowest BCUT2D eigenvalue weighted by molar-refractivity contribution is -0.195. The van der Waals surface area contributed by atoms with Crippen LogP contribution in [0.4, 0.5) is 0 Å². The molecule has 7 rings (SSSR count). The van der Waals surface area contributed by atoms with Gasteiger partial charge in [-0.3, -0.25) is 9.59 Å². The number of aryl methyl sites for hydroxylation is 1. The second kappa shape index (κ2) is 7.72. The summed E-state index contributed by atoms with van der Waals surface area (Å²) >= 11 is 0. The van der Waals surface area contributed by atoms with Crippen molar-refractivity contribution in [2.24, 2.45) is 13.0 Å². The van der Waals surface area contributed by atoms with Crippen LogP contribution in [0.5, 0.6) is 0 Å². The van der Waals surface area contributed by atoms with Gasteiger partial charge >= 0.3 is 22.5 Å². The number of benzene rings is 1. The highest BCUT2D eigenvalue weighted by molar-refractivity contribution is 7.82. The Morgan fingerprint density at radius 2 is 1.91 bits per heavy atom. The van der Waals surface area contributed by atoms with Gasteiger partial charge in [-0.1, -0.05) is 18.2 Å². The Hall–Kier alpha value is -3.05. The summed E-state index contributed by atoms with van der Waals surface area (Å²) in [5.41, 5.74) is 0.0980. The van der Waals surface area contributed by atoms with Crippen molar-refractivity contribution >= 4 is 39.3 Å². The molecule has 5 unspecified atom stereocenters. The van der Waals surface area contributed by atoms with Crippen LogP contribution in [0.3, 0.4) is 0 Å². The number of fused-ring (bicyclic) bond motifs is 3. The molecule has 5 aliphatic rings. The number of hydrogen-bond donors (Lipinski definition) is 0. The zero-order chi connectivity index (χ0) is 25.3. The van der Waals surface area contributed by atoms with Crippen molar-refractivity contribution < 1.29 is 40.7 Å². The van der Waals surface area contributed by atoms with Crippen molar-refractivity contribution in [2.45, 2.75) is 49.3 Å². The number of amides is 1. The molecular formula is C23H24N2O9S. The van der Waals surface area contributed by atoms with E-state index in [2.05, 4.69) is 0 Å². The van der Waals surface area contributed by atoms with E-state index in [4.69, 9.17) is 22.7 Å². The number of hydrogen-bond acceptors (Lipinski definition) is 9. The summed E-state index contributed by atoms with van der Waals surface area (Å²) in [5, 5.41) is 1.02. The molecule has 3 saturated heterocycles. The van der Waals surface area contributed by atoms with Gasteiger partial charge in [-0.05, 0) is 37.8 Å². The molecule has 12 heteroatoms. The first-order valence-corrected chi connectivity index (χ1v) is 12.5. The van der Waals surface area contributed by atoms with Gasteiger partial charge < -0.3 is 14.2 Å². The summed E-state index contributed by atoms with van der Waals surface area (Å²) in [6, 6.07) is 7.04. The van der Waals surface area contributed by atoms with Gasteiger partial charge in [-0.25, -0.2) is 8.37 Å². The maximum absolute atomic E-state index is 13.7. The standard InChI is InChI=1S/C22H24N2O7S.CO2/c1-12-22(31-32(27,28)30-12)11-13-10-21(20(26)29-3)17-15(8-9-24(18(13)25)19(21)22)14-6-4-5-7-16(14)23(17)2;2-1-3/h4-7,12-13,19H,8-11H2,1-3H3;. The first-order chi connectivity index (χ1) is 16.6. The molecule has 1 aromatic heterocycles. The summed E-state index contributed by atoms with van der Waals surface area (Å²) in [5.74, 6) is -1.14. The monoisotopic (exact) mass is 504 g/mol. The average Bonchev–Trinajstić information content (AvgIpc) is 3.16. The number of piperidine rings is 2. The van der Waals surface area contributed by atoms with E-state index in [9.17, 15) is 18.0 Å². The van der Waals surface area contributed by atoms with Gasteiger partial charge in [-0.15, -0.1) is 0 Å². The molecule has 1 aromatic carbocycles. The van der Waals surface area contributed by atoms with Crippen molar-refractivity contribution in [2.75, 3.05) is 13.7 Å². The molecule has 11 nitrogen and oxygen atoms in total. The maximum atomic E-state index is 13.7. The molecule has 1 saturated carbocycles. The molecular weight excluding hydrogens is 480 g/mol. The first-order valence-electron chi connectivity index (χ1n) is 11.2. The molecule has 1 spiro atoms. The normalized spacial score (nSPS) is 34.1. The number of para-hydroxylation sites is 1. The summed E-state index contributed by atoms with van der Waals surface area (Å²) in [6.07, 6.45) is 0.374. The SMILES string of the molecule is COC(=O)C12CC3CC4(OS(=O)(=O)OC4C)C1N(CCc1c2n(C)c2ccccc12)C3=O.O=C=O. The molecule has 0 N–H and O–H groups in total. The number of carbonyl (C=O) groups is 2. The Balaban J connectivity index is 0.000000806. The van der Waals surface area contributed by atoms with Crippen molar-refractivity contribution in [3.8, 4) is 0 Å². The van der Waals surface area contributed by atoms with Gasteiger partial charge in [0.1, 0.15) is 17.1 Å². The fraction of sp³-hybridized carbons (Fsp3) is 0.522. The lowest BCUT2D eigenvalue weighted by Crippen LogP contribution is -2.77. The van der Waals surface area contributed by atoms with Gasteiger partial charge in [0.25, 0.3) is 0 Å². The minimum absolute atomic E-state index is 0.0719. The Labute approximate surface area is 201 Å². The molecule has 0 radical (unpaired) electrons. The third-order valence-electron chi connectivity index (χ3n) is 8.00. The van der Waals surface area contributed by atoms with Crippen LogP contribution < -0.4 is 0 Å². The number of rotatable bonds is 1. The quantitative estimate of drug-likeness (QED) is 0.511. The Kier molecular flexibility index (Phi) is 5.23. The third-order valence-corrected chi connectivity index (χ3v) is 9.04. The highest BCUT2D eigenvalue weighted by Gasteiger charge is 2.76. The molecule has 1 aliphatic carbocycles. The molecule has 4 bridgehead atoms. The van der Waals surface area contributed by atoms with Crippen LogP contribution >= 0.6 is 0 Å². The van der Waals surface area contributed by atoms with Crippen LogP contribution in [0.1, 0.15) is 31.0 Å². The lowest BCUT2D eigenvalue weighted by Gasteiger charge is -2.60. The Morgan fingerprint density at radius 3 is 2.54 bits per heavy atom. The topological polar surface area (TPSA) is 138 Å². The predicted molar refractivity (Wildman–Crippen MR) is 117 cm³/mol. The highest BCUT2D eigenvalue weighted by atomic mass is 32.3. The molecule has 4 fully saturated rings. The number of esters is 1. The molecule has 186 valence electrons. The van der Waals surface area contributed by atoms with Gasteiger partial charge in [-0.2, -0.15) is 18.0 Å². The van der Waals surface area contributed by atoms with Crippen molar-refractivity contribution in [3.05, 3.63) is 35.5 Å². The van der Waals surface area contributed by atoms with Crippen molar-refractivity contribution in [3.63, 3.8) is 0 Å². The molecule has 5 heterocycles. The molecule has 4 aliphatic heterocycles. The van der Waals surface area contributed by atoms with Gasteiger partial charge in [0.05, 0.1) is 13.2 Å². The van der Waals surface area contributed by atoms with Crippen LogP contribution in [0.2, 0.25) is 0 Å². The number of ether oxygens (including phenoxy) is 1.